The maximum Gasteiger partial charge on any atom is 0.342 e. The van der Waals surface area contributed by atoms with E-state index in [4.69, 9.17) is 4.42 Å². The van der Waals surface area contributed by atoms with Crippen LogP contribution in [-0.2, 0) is 9.53 Å². The summed E-state index contributed by atoms with van der Waals surface area (Å²) >= 11 is 0. The van der Waals surface area contributed by atoms with Gasteiger partial charge in [-0.15, -0.1) is 0 Å². The fourth-order valence-electron chi connectivity index (χ4n) is 2.93. The van der Waals surface area contributed by atoms with Gasteiger partial charge in [0, 0.05) is 13.0 Å². The number of aryl methyl sites for hydroxylation is 1. The Hall–Kier alpha value is -3.93. The van der Waals surface area contributed by atoms with E-state index in [9.17, 15) is 24.4 Å². The molecule has 3 amide bonds. The standard InChI is InChI=1S/C19H15N3O6/c1-10-15(19(26)27-2)13(9-20)16(28-10)21-14(23)7-8-22-17(24)11-5-3-4-6-12(11)18(22)25/h3-6H,7-8H2,1-2H3,(H,21,23). The lowest BCUT2D eigenvalue weighted by Crippen LogP contribution is -2.32. The lowest BCUT2D eigenvalue weighted by Gasteiger charge is -2.13. The van der Waals surface area contributed by atoms with Gasteiger partial charge >= 0.3 is 5.97 Å². The summed E-state index contributed by atoms with van der Waals surface area (Å²) in [6.07, 6.45) is -0.205. The normalized spacial score (nSPS) is 12.5. The van der Waals surface area contributed by atoms with E-state index in [1.54, 1.807) is 30.3 Å². The minimum absolute atomic E-state index is 0.0688. The molecular weight excluding hydrogens is 366 g/mol. The van der Waals surface area contributed by atoms with E-state index in [2.05, 4.69) is 10.1 Å². The van der Waals surface area contributed by atoms with Crippen LogP contribution in [0.15, 0.2) is 28.7 Å². The monoisotopic (exact) mass is 381 g/mol. The van der Waals surface area contributed by atoms with E-state index < -0.39 is 23.7 Å². The Morgan fingerprint density at radius 2 is 1.82 bits per heavy atom. The van der Waals surface area contributed by atoms with Crippen LogP contribution in [0.5, 0.6) is 0 Å². The molecular formula is C19H15N3O6. The third-order valence-electron chi connectivity index (χ3n) is 4.28. The highest BCUT2D eigenvalue weighted by Gasteiger charge is 2.35. The smallest absolute Gasteiger partial charge is 0.342 e. The number of hydrogen-bond acceptors (Lipinski definition) is 7. The molecule has 2 aromatic rings. The number of nitrogens with one attached hydrogen (secondary N) is 1. The molecule has 1 N–H and O–H groups in total. The highest BCUT2D eigenvalue weighted by atomic mass is 16.5. The quantitative estimate of drug-likeness (QED) is 0.618. The molecule has 28 heavy (non-hydrogen) atoms. The molecule has 0 bridgehead atoms. The first kappa shape index (κ1) is 18.8. The molecule has 0 aliphatic carbocycles. The van der Waals surface area contributed by atoms with Crippen LogP contribution in [0.3, 0.4) is 0 Å². The molecule has 0 radical (unpaired) electrons. The lowest BCUT2D eigenvalue weighted by molar-refractivity contribution is -0.116. The van der Waals surface area contributed by atoms with Crippen molar-refractivity contribution in [2.75, 3.05) is 19.0 Å². The molecule has 142 valence electrons. The molecule has 1 aliphatic rings. The van der Waals surface area contributed by atoms with Gasteiger partial charge in [0.05, 0.1) is 18.2 Å². The second kappa shape index (κ2) is 7.36. The van der Waals surface area contributed by atoms with E-state index in [1.807, 2.05) is 0 Å². The van der Waals surface area contributed by atoms with Crippen LogP contribution in [0.4, 0.5) is 5.88 Å². The molecule has 3 rings (SSSR count). The van der Waals surface area contributed by atoms with Crippen molar-refractivity contribution >= 4 is 29.6 Å². The molecule has 1 aromatic heterocycles. The molecule has 0 saturated carbocycles. The minimum atomic E-state index is -0.760. The maximum atomic E-state index is 12.3. The number of imide groups is 1. The zero-order valence-electron chi connectivity index (χ0n) is 15.1. The number of nitriles is 1. The molecule has 0 unspecified atom stereocenters. The fraction of sp³-hybridized carbons (Fsp3) is 0.211. The van der Waals surface area contributed by atoms with Crippen LogP contribution in [0.2, 0.25) is 0 Å². The summed E-state index contributed by atoms with van der Waals surface area (Å²) in [5.74, 6) is -2.34. The molecule has 0 atom stereocenters. The van der Waals surface area contributed by atoms with Gasteiger partial charge in [0.15, 0.2) is 0 Å². The Morgan fingerprint density at radius 1 is 1.21 bits per heavy atom. The van der Waals surface area contributed by atoms with Crippen LogP contribution in [0, 0.1) is 18.3 Å². The van der Waals surface area contributed by atoms with E-state index in [1.165, 1.54) is 6.92 Å². The van der Waals surface area contributed by atoms with Crippen LogP contribution in [0.1, 0.15) is 48.8 Å². The maximum absolute atomic E-state index is 12.3. The topological polar surface area (TPSA) is 130 Å². The first-order chi connectivity index (χ1) is 13.4. The number of ether oxygens (including phenoxy) is 1. The van der Waals surface area contributed by atoms with Crippen molar-refractivity contribution in [3.63, 3.8) is 0 Å². The van der Waals surface area contributed by atoms with Gasteiger partial charge in [-0.25, -0.2) is 4.79 Å². The van der Waals surface area contributed by atoms with Gasteiger partial charge in [-0.2, -0.15) is 5.26 Å². The number of carbonyl (C=O) groups is 4. The van der Waals surface area contributed by atoms with Gasteiger partial charge in [0.2, 0.25) is 11.8 Å². The molecule has 9 nitrogen and oxygen atoms in total. The molecule has 1 aliphatic heterocycles. The summed E-state index contributed by atoms with van der Waals surface area (Å²) in [4.78, 5) is 49.6. The Morgan fingerprint density at radius 3 is 2.36 bits per heavy atom. The molecule has 0 saturated heterocycles. The summed E-state index contributed by atoms with van der Waals surface area (Å²) in [7, 11) is 1.16. The van der Waals surface area contributed by atoms with Crippen LogP contribution < -0.4 is 5.32 Å². The van der Waals surface area contributed by atoms with Crippen molar-refractivity contribution in [3.8, 4) is 6.07 Å². The number of amides is 3. The van der Waals surface area contributed by atoms with Crippen molar-refractivity contribution in [3.05, 3.63) is 52.3 Å². The molecule has 2 heterocycles. The van der Waals surface area contributed by atoms with Crippen LogP contribution >= 0.6 is 0 Å². The number of esters is 1. The number of methoxy groups -OCH3 is 1. The zero-order valence-corrected chi connectivity index (χ0v) is 15.1. The summed E-state index contributed by atoms with van der Waals surface area (Å²) in [5.41, 5.74) is 0.368. The highest BCUT2D eigenvalue weighted by molar-refractivity contribution is 6.21. The largest absolute Gasteiger partial charge is 0.465 e. The molecule has 9 heteroatoms. The van der Waals surface area contributed by atoms with Gasteiger partial charge in [-0.1, -0.05) is 12.1 Å². The molecule has 0 spiro atoms. The third-order valence-corrected chi connectivity index (χ3v) is 4.28. The number of nitrogens with zero attached hydrogens (tertiary/aromatic N) is 2. The van der Waals surface area contributed by atoms with Crippen LogP contribution in [0.25, 0.3) is 0 Å². The van der Waals surface area contributed by atoms with E-state index in [0.29, 0.717) is 11.1 Å². The lowest BCUT2D eigenvalue weighted by atomic mass is 10.1. The van der Waals surface area contributed by atoms with Gasteiger partial charge in [0.1, 0.15) is 23.0 Å². The Balaban J connectivity index is 1.70. The van der Waals surface area contributed by atoms with Crippen molar-refractivity contribution < 1.29 is 28.3 Å². The predicted molar refractivity (Wildman–Crippen MR) is 94.6 cm³/mol. The van der Waals surface area contributed by atoms with E-state index in [-0.39, 0.29) is 35.7 Å². The first-order valence-electron chi connectivity index (χ1n) is 8.26. The Kier molecular flexibility index (Phi) is 4.96. The zero-order chi connectivity index (χ0) is 20.4. The number of benzene rings is 1. The molecule has 1 aromatic carbocycles. The summed E-state index contributed by atoms with van der Waals surface area (Å²) in [6.45, 7) is 1.32. The average molecular weight is 381 g/mol. The number of anilines is 1. The van der Waals surface area contributed by atoms with Crippen molar-refractivity contribution in [2.24, 2.45) is 0 Å². The number of carbonyl (C=O) groups excluding carboxylic acids is 4. The predicted octanol–water partition coefficient (Wildman–Crippen LogP) is 1.87. The first-order valence-corrected chi connectivity index (χ1v) is 8.26. The van der Waals surface area contributed by atoms with Gasteiger partial charge < -0.3 is 9.15 Å². The van der Waals surface area contributed by atoms with E-state index in [0.717, 1.165) is 12.0 Å². The summed E-state index contributed by atoms with van der Waals surface area (Å²) in [5, 5.41) is 11.7. The number of fused-ring (bicyclic) bond motifs is 1. The Bertz CT molecular complexity index is 1010. The van der Waals surface area contributed by atoms with Crippen LogP contribution in [-0.4, -0.2) is 42.2 Å². The van der Waals surface area contributed by atoms with Gasteiger partial charge in [0.25, 0.3) is 11.8 Å². The SMILES string of the molecule is COC(=O)c1c(C)oc(NC(=O)CCN2C(=O)c3ccccc3C2=O)c1C#N. The van der Waals surface area contributed by atoms with Crippen molar-refractivity contribution in [1.82, 2.24) is 4.90 Å². The second-order valence-electron chi connectivity index (χ2n) is 5.95. The van der Waals surface area contributed by atoms with Crippen molar-refractivity contribution in [2.45, 2.75) is 13.3 Å². The average Bonchev–Trinajstić information content (AvgIpc) is 3.13. The van der Waals surface area contributed by atoms with Gasteiger partial charge in [-0.05, 0) is 19.1 Å². The highest BCUT2D eigenvalue weighted by Crippen LogP contribution is 2.27. The number of furan rings is 1. The molecule has 0 fully saturated rings. The van der Waals surface area contributed by atoms with Gasteiger partial charge in [-0.3, -0.25) is 24.6 Å². The van der Waals surface area contributed by atoms with Crippen molar-refractivity contribution in [1.29, 1.82) is 5.26 Å². The minimum Gasteiger partial charge on any atom is -0.465 e. The van der Waals surface area contributed by atoms with E-state index >= 15 is 0 Å². The third kappa shape index (κ3) is 3.12. The summed E-state index contributed by atoms with van der Waals surface area (Å²) < 4.78 is 9.90. The Labute approximate surface area is 159 Å². The number of rotatable bonds is 5. The fourth-order valence-corrected chi connectivity index (χ4v) is 2.93. The number of hydrogen-bond donors (Lipinski definition) is 1. The second-order valence-corrected chi connectivity index (χ2v) is 5.95. The summed E-state index contributed by atoms with van der Waals surface area (Å²) in [6, 6.07) is 8.21.